The maximum Gasteiger partial charge on any atom is 0.0210 e. The highest BCUT2D eigenvalue weighted by Crippen LogP contribution is 2.21. The van der Waals surface area contributed by atoms with Crippen molar-refractivity contribution in [2.45, 2.75) is 20.4 Å². The van der Waals surface area contributed by atoms with E-state index in [1.165, 1.54) is 21.2 Å². The Bertz CT molecular complexity index is 258. The lowest BCUT2D eigenvalue weighted by atomic mass is 10.1. The molecule has 0 aliphatic heterocycles. The van der Waals surface area contributed by atoms with E-state index in [0.29, 0.717) is 0 Å². The average molecular weight is 228 g/mol. The zero-order chi connectivity index (χ0) is 9.14. The van der Waals surface area contributed by atoms with Gasteiger partial charge in [0.15, 0.2) is 0 Å². The Labute approximate surface area is 82.3 Å². The van der Waals surface area contributed by atoms with Crippen LogP contribution in [0.1, 0.15) is 16.7 Å². The number of hydrogen-bond donors (Lipinski definition) is 1. The van der Waals surface area contributed by atoms with Gasteiger partial charge in [0.2, 0.25) is 0 Å². The van der Waals surface area contributed by atoms with Crippen LogP contribution in [-0.2, 0) is 6.54 Å². The van der Waals surface area contributed by atoms with E-state index in [-0.39, 0.29) is 0 Å². The van der Waals surface area contributed by atoms with E-state index >= 15 is 0 Å². The summed E-state index contributed by atoms with van der Waals surface area (Å²) in [5.74, 6) is 0. The summed E-state index contributed by atoms with van der Waals surface area (Å²) in [4.78, 5) is 0. The van der Waals surface area contributed by atoms with E-state index in [1.54, 1.807) is 0 Å². The number of benzene rings is 1. The van der Waals surface area contributed by atoms with Gasteiger partial charge in [-0.2, -0.15) is 0 Å². The minimum Gasteiger partial charge on any atom is -0.316 e. The van der Waals surface area contributed by atoms with Gasteiger partial charge in [-0.25, -0.2) is 0 Å². The first kappa shape index (κ1) is 9.75. The first-order chi connectivity index (χ1) is 5.65. The van der Waals surface area contributed by atoms with Crippen molar-refractivity contribution in [3.8, 4) is 0 Å². The number of hydrogen-bond acceptors (Lipinski definition) is 1. The maximum absolute atomic E-state index is 3.54. The molecule has 1 aromatic carbocycles. The van der Waals surface area contributed by atoms with Crippen molar-refractivity contribution in [1.82, 2.24) is 5.32 Å². The van der Waals surface area contributed by atoms with Crippen molar-refractivity contribution < 1.29 is 0 Å². The average Bonchev–Trinajstić information content (AvgIpc) is 2.01. The van der Waals surface area contributed by atoms with E-state index in [4.69, 9.17) is 0 Å². The Morgan fingerprint density at radius 3 is 2.50 bits per heavy atom. The Balaban J connectivity index is 3.04. The monoisotopic (exact) mass is 227 g/mol. The number of aryl methyl sites for hydroxylation is 1. The van der Waals surface area contributed by atoms with Gasteiger partial charge in [0.05, 0.1) is 0 Å². The van der Waals surface area contributed by atoms with E-state index in [1.807, 2.05) is 7.05 Å². The summed E-state index contributed by atoms with van der Waals surface area (Å²) in [6.45, 7) is 5.20. The zero-order valence-corrected chi connectivity index (χ0v) is 9.33. The second-order valence-electron chi connectivity index (χ2n) is 3.05. The number of nitrogens with one attached hydrogen (secondary N) is 1. The van der Waals surface area contributed by atoms with Crippen molar-refractivity contribution in [1.29, 1.82) is 0 Å². The Morgan fingerprint density at radius 1 is 1.33 bits per heavy atom. The standard InChI is InChI=1S/C10H14BrN/c1-7-4-9(6-12-3)5-10(11)8(7)2/h4-5,12H,6H2,1-3H3. The molecule has 0 unspecified atom stereocenters. The summed E-state index contributed by atoms with van der Waals surface area (Å²) in [6.07, 6.45) is 0. The molecule has 0 amide bonds. The second-order valence-corrected chi connectivity index (χ2v) is 3.90. The first-order valence-corrected chi connectivity index (χ1v) is 4.84. The lowest BCUT2D eigenvalue weighted by molar-refractivity contribution is 0.816. The third-order valence-corrected chi connectivity index (χ3v) is 2.87. The van der Waals surface area contributed by atoms with Gasteiger partial charge in [-0.15, -0.1) is 0 Å². The molecule has 0 saturated carbocycles. The van der Waals surface area contributed by atoms with Crippen LogP contribution in [0.15, 0.2) is 16.6 Å². The summed E-state index contributed by atoms with van der Waals surface area (Å²) >= 11 is 3.54. The topological polar surface area (TPSA) is 12.0 Å². The van der Waals surface area contributed by atoms with Crippen LogP contribution in [0.3, 0.4) is 0 Å². The summed E-state index contributed by atoms with van der Waals surface area (Å²) in [5.41, 5.74) is 4.00. The first-order valence-electron chi connectivity index (χ1n) is 4.05. The molecule has 0 saturated heterocycles. The minimum atomic E-state index is 0.930. The van der Waals surface area contributed by atoms with E-state index in [2.05, 4.69) is 47.2 Å². The maximum atomic E-state index is 3.54. The fourth-order valence-electron chi connectivity index (χ4n) is 1.19. The van der Waals surface area contributed by atoms with Gasteiger partial charge in [0.1, 0.15) is 0 Å². The third-order valence-electron chi connectivity index (χ3n) is 2.04. The molecule has 0 bridgehead atoms. The van der Waals surface area contributed by atoms with Crippen LogP contribution in [0.25, 0.3) is 0 Å². The molecule has 0 spiro atoms. The second kappa shape index (κ2) is 4.06. The molecule has 66 valence electrons. The smallest absolute Gasteiger partial charge is 0.0210 e. The molecule has 0 radical (unpaired) electrons. The van der Waals surface area contributed by atoms with Gasteiger partial charge in [0.25, 0.3) is 0 Å². The van der Waals surface area contributed by atoms with Crippen molar-refractivity contribution in [3.63, 3.8) is 0 Å². The molecular formula is C10H14BrN. The van der Waals surface area contributed by atoms with E-state index < -0.39 is 0 Å². The molecule has 12 heavy (non-hydrogen) atoms. The van der Waals surface area contributed by atoms with Crippen LogP contribution in [0.2, 0.25) is 0 Å². The van der Waals surface area contributed by atoms with Crippen molar-refractivity contribution >= 4 is 15.9 Å². The fourth-order valence-corrected chi connectivity index (χ4v) is 1.80. The summed E-state index contributed by atoms with van der Waals surface area (Å²) in [5, 5.41) is 3.14. The van der Waals surface area contributed by atoms with Gasteiger partial charge in [-0.1, -0.05) is 22.0 Å². The van der Waals surface area contributed by atoms with Crippen LogP contribution < -0.4 is 5.32 Å². The highest BCUT2D eigenvalue weighted by Gasteiger charge is 2.00. The molecule has 0 atom stereocenters. The van der Waals surface area contributed by atoms with Gasteiger partial charge in [0, 0.05) is 11.0 Å². The quantitative estimate of drug-likeness (QED) is 0.820. The zero-order valence-electron chi connectivity index (χ0n) is 7.74. The Kier molecular flexibility index (Phi) is 3.29. The van der Waals surface area contributed by atoms with E-state index in [0.717, 1.165) is 6.54 Å². The van der Waals surface area contributed by atoms with Crippen molar-refractivity contribution in [2.75, 3.05) is 7.05 Å². The van der Waals surface area contributed by atoms with Gasteiger partial charge in [-0.05, 0) is 43.7 Å². The number of halogens is 1. The highest BCUT2D eigenvalue weighted by molar-refractivity contribution is 9.10. The minimum absolute atomic E-state index is 0.930. The summed E-state index contributed by atoms with van der Waals surface area (Å²) in [7, 11) is 1.96. The van der Waals surface area contributed by atoms with Crippen LogP contribution in [-0.4, -0.2) is 7.05 Å². The van der Waals surface area contributed by atoms with E-state index in [9.17, 15) is 0 Å². The van der Waals surface area contributed by atoms with Crippen LogP contribution in [0.5, 0.6) is 0 Å². The summed E-state index contributed by atoms with van der Waals surface area (Å²) < 4.78 is 1.20. The van der Waals surface area contributed by atoms with Crippen molar-refractivity contribution in [3.05, 3.63) is 33.3 Å². The lowest BCUT2D eigenvalue weighted by Crippen LogP contribution is -2.05. The molecule has 0 aromatic heterocycles. The van der Waals surface area contributed by atoms with Crippen molar-refractivity contribution in [2.24, 2.45) is 0 Å². The van der Waals surface area contributed by atoms with Gasteiger partial charge >= 0.3 is 0 Å². The normalized spacial score (nSPS) is 10.3. The lowest BCUT2D eigenvalue weighted by Gasteiger charge is -2.07. The van der Waals surface area contributed by atoms with Crippen LogP contribution >= 0.6 is 15.9 Å². The molecule has 0 heterocycles. The SMILES string of the molecule is CNCc1cc(C)c(C)c(Br)c1. The van der Waals surface area contributed by atoms with Gasteiger partial charge < -0.3 is 5.32 Å². The predicted octanol–water partition coefficient (Wildman–Crippen LogP) is 2.79. The molecular weight excluding hydrogens is 214 g/mol. The molecule has 1 rings (SSSR count). The highest BCUT2D eigenvalue weighted by atomic mass is 79.9. The molecule has 0 aliphatic rings. The number of rotatable bonds is 2. The molecule has 0 fully saturated rings. The molecule has 1 aromatic rings. The van der Waals surface area contributed by atoms with Crippen LogP contribution in [0, 0.1) is 13.8 Å². The Hall–Kier alpha value is -0.340. The largest absolute Gasteiger partial charge is 0.316 e. The molecule has 0 aliphatic carbocycles. The fraction of sp³-hybridized carbons (Fsp3) is 0.400. The third kappa shape index (κ3) is 2.08. The Morgan fingerprint density at radius 2 is 2.00 bits per heavy atom. The molecule has 2 heteroatoms. The molecule has 1 N–H and O–H groups in total. The molecule has 1 nitrogen and oxygen atoms in total. The van der Waals surface area contributed by atoms with Gasteiger partial charge in [-0.3, -0.25) is 0 Å². The predicted molar refractivity (Wildman–Crippen MR) is 56.4 cm³/mol. The van der Waals surface area contributed by atoms with Crippen LogP contribution in [0.4, 0.5) is 0 Å². The summed E-state index contributed by atoms with van der Waals surface area (Å²) in [6, 6.07) is 4.38.